The Morgan fingerprint density at radius 2 is 1.26 bits per heavy atom. The zero-order valence-electron chi connectivity index (χ0n) is 14.7. The molecule has 1 rings (SSSR count). The zero-order valence-corrected chi connectivity index (χ0v) is 14.7. The Bertz CT molecular complexity index is 1100. The van der Waals surface area contributed by atoms with Crippen molar-refractivity contribution in [1.29, 1.82) is 0 Å². The minimum atomic E-state index is -0.548. The van der Waals surface area contributed by atoms with Gasteiger partial charge >= 0.3 is 11.9 Å². The molecule has 0 bridgehead atoms. The van der Waals surface area contributed by atoms with E-state index in [-0.39, 0.29) is 5.92 Å². The van der Waals surface area contributed by atoms with Gasteiger partial charge in [-0.05, 0) is 89.3 Å². The van der Waals surface area contributed by atoms with Crippen LogP contribution in [0, 0.1) is 113 Å². The van der Waals surface area contributed by atoms with Crippen molar-refractivity contribution in [3.63, 3.8) is 0 Å². The number of hydrogen-bond donors (Lipinski definition) is 0. The molecule has 3 atom stereocenters. The molecule has 0 aliphatic carbocycles. The Kier molecular flexibility index (Phi) is 9.22. The first kappa shape index (κ1) is 20.7. The molecule has 1 aliphatic heterocycles. The Morgan fingerprint density at radius 1 is 0.815 bits per heavy atom. The molecule has 0 aromatic carbocycles. The van der Waals surface area contributed by atoms with Gasteiger partial charge in [-0.3, -0.25) is 9.59 Å². The second-order valence-corrected chi connectivity index (χ2v) is 4.98. The van der Waals surface area contributed by atoms with Gasteiger partial charge in [-0.1, -0.05) is 19.8 Å². The van der Waals surface area contributed by atoms with E-state index in [4.69, 9.17) is 6.42 Å². The summed E-state index contributed by atoms with van der Waals surface area (Å²) in [6.45, 7) is 3.55. The average molecular weight is 348 g/mol. The summed E-state index contributed by atoms with van der Waals surface area (Å²) in [5.74, 6) is 35.0. The molecule has 1 aliphatic rings. The number of terminal acetylenes is 1. The summed E-state index contributed by atoms with van der Waals surface area (Å²) < 4.78 is 4.64. The predicted molar refractivity (Wildman–Crippen MR) is 101 cm³/mol. The Labute approximate surface area is 160 Å². The van der Waals surface area contributed by atoms with Gasteiger partial charge < -0.3 is 4.74 Å². The largest absolute Gasteiger partial charge is 0.393 e. The SMILES string of the molecule is C#CC#CC#CC#CC#CC#CC#CC#CC(CC)C1C(=O)OC(=O)C1C. The lowest BCUT2D eigenvalue weighted by molar-refractivity contribution is -0.153. The molecular formula is C24H12O3. The molecule has 1 heterocycles. The Hall–Kier alpha value is -4.38. The highest BCUT2D eigenvalue weighted by molar-refractivity contribution is 5.96. The smallest absolute Gasteiger partial charge is 0.318 e. The quantitative estimate of drug-likeness (QED) is 0.425. The third kappa shape index (κ3) is 7.36. The van der Waals surface area contributed by atoms with Crippen molar-refractivity contribution in [1.82, 2.24) is 0 Å². The first-order valence-corrected chi connectivity index (χ1v) is 7.83. The number of carbonyl (C=O) groups excluding carboxylic acids is 2. The molecule has 3 heteroatoms. The second-order valence-electron chi connectivity index (χ2n) is 4.98. The van der Waals surface area contributed by atoms with Gasteiger partial charge in [0, 0.05) is 5.92 Å². The van der Waals surface area contributed by atoms with Crippen LogP contribution in [0.3, 0.4) is 0 Å². The van der Waals surface area contributed by atoms with E-state index in [0.717, 1.165) is 0 Å². The van der Waals surface area contributed by atoms with Crippen LogP contribution in [-0.2, 0) is 14.3 Å². The van der Waals surface area contributed by atoms with Crippen LogP contribution in [0.15, 0.2) is 0 Å². The normalized spacial score (nSPS) is 16.3. The lowest BCUT2D eigenvalue weighted by atomic mass is 9.83. The monoisotopic (exact) mass is 348 g/mol. The van der Waals surface area contributed by atoms with E-state index in [9.17, 15) is 9.59 Å². The molecule has 0 N–H and O–H groups in total. The predicted octanol–water partition coefficient (Wildman–Crippen LogP) is 1.01. The van der Waals surface area contributed by atoms with Crippen molar-refractivity contribution in [3.8, 4) is 95.2 Å². The van der Waals surface area contributed by atoms with Crippen LogP contribution in [0.4, 0.5) is 0 Å². The first-order valence-electron chi connectivity index (χ1n) is 7.83. The molecular weight excluding hydrogens is 336 g/mol. The van der Waals surface area contributed by atoms with E-state index in [1.807, 2.05) is 6.92 Å². The highest BCUT2D eigenvalue weighted by Crippen LogP contribution is 2.31. The summed E-state index contributed by atoms with van der Waals surface area (Å²) in [5.41, 5.74) is 0. The summed E-state index contributed by atoms with van der Waals surface area (Å²) in [5, 5.41) is 0. The maximum absolute atomic E-state index is 11.7. The average Bonchev–Trinajstić information content (AvgIpc) is 2.91. The summed E-state index contributed by atoms with van der Waals surface area (Å²) in [6.07, 6.45) is 5.53. The van der Waals surface area contributed by atoms with Crippen LogP contribution in [-0.4, -0.2) is 11.9 Å². The Morgan fingerprint density at radius 3 is 1.63 bits per heavy atom. The van der Waals surface area contributed by atoms with Gasteiger partial charge in [-0.25, -0.2) is 0 Å². The number of esters is 2. The van der Waals surface area contributed by atoms with Gasteiger partial charge in [0.1, 0.15) is 0 Å². The third-order valence-electron chi connectivity index (χ3n) is 3.34. The molecule has 0 amide bonds. The molecule has 3 unspecified atom stereocenters. The molecule has 1 saturated heterocycles. The van der Waals surface area contributed by atoms with Crippen LogP contribution >= 0.6 is 0 Å². The summed E-state index contributed by atoms with van der Waals surface area (Å²) in [4.78, 5) is 23.2. The minimum absolute atomic E-state index is 0.289. The third-order valence-corrected chi connectivity index (χ3v) is 3.34. The van der Waals surface area contributed by atoms with Crippen molar-refractivity contribution < 1.29 is 14.3 Å². The fourth-order valence-corrected chi connectivity index (χ4v) is 2.08. The summed E-state index contributed by atoms with van der Waals surface area (Å²) in [6, 6.07) is 0. The summed E-state index contributed by atoms with van der Waals surface area (Å²) >= 11 is 0. The van der Waals surface area contributed by atoms with Gasteiger partial charge in [0.2, 0.25) is 0 Å². The van der Waals surface area contributed by atoms with Gasteiger partial charge in [0.15, 0.2) is 0 Å². The number of hydrogen-bond acceptors (Lipinski definition) is 3. The van der Waals surface area contributed by atoms with Gasteiger partial charge in [-0.2, -0.15) is 0 Å². The van der Waals surface area contributed by atoms with E-state index in [2.05, 4.69) is 93.5 Å². The van der Waals surface area contributed by atoms with Crippen LogP contribution in [0.25, 0.3) is 0 Å². The topological polar surface area (TPSA) is 43.4 Å². The maximum Gasteiger partial charge on any atom is 0.318 e. The molecule has 0 aromatic heterocycles. The van der Waals surface area contributed by atoms with E-state index in [1.165, 1.54) is 0 Å². The van der Waals surface area contributed by atoms with Gasteiger partial charge in [0.25, 0.3) is 0 Å². The van der Waals surface area contributed by atoms with Gasteiger partial charge in [0.05, 0.1) is 11.8 Å². The first-order chi connectivity index (χ1) is 13.1. The maximum atomic E-state index is 11.7. The lowest BCUT2D eigenvalue weighted by Gasteiger charge is -2.14. The van der Waals surface area contributed by atoms with Crippen molar-refractivity contribution in [2.45, 2.75) is 20.3 Å². The lowest BCUT2D eigenvalue weighted by Crippen LogP contribution is -2.23. The fraction of sp³-hybridized carbons (Fsp3) is 0.250. The molecule has 0 aromatic rings. The van der Waals surface area contributed by atoms with Crippen LogP contribution < -0.4 is 0 Å². The highest BCUT2D eigenvalue weighted by Gasteiger charge is 2.44. The zero-order chi connectivity index (χ0) is 19.9. The van der Waals surface area contributed by atoms with Crippen molar-refractivity contribution in [3.05, 3.63) is 0 Å². The number of carbonyl (C=O) groups is 2. The van der Waals surface area contributed by atoms with Crippen LogP contribution in [0.5, 0.6) is 0 Å². The highest BCUT2D eigenvalue weighted by atomic mass is 16.6. The number of ether oxygens (including phenoxy) is 1. The second kappa shape index (κ2) is 12.0. The molecule has 0 radical (unpaired) electrons. The fourth-order valence-electron chi connectivity index (χ4n) is 2.08. The van der Waals surface area contributed by atoms with Crippen molar-refractivity contribution in [2.75, 3.05) is 0 Å². The molecule has 126 valence electrons. The number of rotatable bonds is 2. The van der Waals surface area contributed by atoms with Crippen molar-refractivity contribution in [2.24, 2.45) is 17.8 Å². The molecule has 0 saturated carbocycles. The minimum Gasteiger partial charge on any atom is -0.393 e. The van der Waals surface area contributed by atoms with Crippen LogP contribution in [0.2, 0.25) is 0 Å². The van der Waals surface area contributed by atoms with Gasteiger partial charge in [-0.15, -0.1) is 6.42 Å². The molecule has 3 nitrogen and oxygen atoms in total. The molecule has 27 heavy (non-hydrogen) atoms. The molecule has 1 fully saturated rings. The standard InChI is InChI=1S/C24H12O3/c1-4-6-7-8-9-10-11-12-13-14-15-16-17-18-19-21(5-2)22-20(3)23(25)27-24(22)26/h1,20-22H,5H2,2-3H3. The van der Waals surface area contributed by atoms with E-state index in [0.29, 0.717) is 6.42 Å². The van der Waals surface area contributed by atoms with Crippen LogP contribution in [0.1, 0.15) is 20.3 Å². The number of cyclic esters (lactones) is 2. The van der Waals surface area contributed by atoms with E-state index >= 15 is 0 Å². The molecule has 0 spiro atoms. The van der Waals surface area contributed by atoms with E-state index in [1.54, 1.807) is 6.92 Å². The van der Waals surface area contributed by atoms with Crippen molar-refractivity contribution >= 4 is 11.9 Å². The Balaban J connectivity index is 2.63. The summed E-state index contributed by atoms with van der Waals surface area (Å²) in [7, 11) is 0. The van der Waals surface area contributed by atoms with E-state index < -0.39 is 23.8 Å².